The van der Waals surface area contributed by atoms with Crippen LogP contribution in [0.25, 0.3) is 0 Å². The molecule has 0 radical (unpaired) electrons. The molecule has 0 aromatic heterocycles. The Labute approximate surface area is 112 Å². The summed E-state index contributed by atoms with van der Waals surface area (Å²) >= 11 is 0. The van der Waals surface area contributed by atoms with E-state index >= 15 is 0 Å². The Morgan fingerprint density at radius 3 is 2.63 bits per heavy atom. The summed E-state index contributed by atoms with van der Waals surface area (Å²) in [7, 11) is 1.67. The average Bonchev–Trinajstić information content (AvgIpc) is 2.38. The van der Waals surface area contributed by atoms with Crippen molar-refractivity contribution < 1.29 is 9.72 Å². The average molecular weight is 265 g/mol. The third-order valence-electron chi connectivity index (χ3n) is 2.98. The molecule has 1 rings (SSSR count). The first-order valence-corrected chi connectivity index (χ1v) is 5.97. The second-order valence-corrected chi connectivity index (χ2v) is 5.18. The summed E-state index contributed by atoms with van der Waals surface area (Å²) in [4.78, 5) is 23.9. The van der Waals surface area contributed by atoms with Gasteiger partial charge in [0.05, 0.1) is 10.3 Å². The van der Waals surface area contributed by atoms with Crippen LogP contribution in [-0.2, 0) is 11.3 Å². The van der Waals surface area contributed by atoms with Gasteiger partial charge in [-0.25, -0.2) is 0 Å². The second kappa shape index (κ2) is 5.79. The summed E-state index contributed by atoms with van der Waals surface area (Å²) in [5, 5.41) is 10.7. The van der Waals surface area contributed by atoms with E-state index in [2.05, 4.69) is 0 Å². The van der Waals surface area contributed by atoms with Crippen molar-refractivity contribution >= 4 is 11.6 Å². The third-order valence-corrected chi connectivity index (χ3v) is 2.98. The number of nitrogens with two attached hydrogens (primary N) is 1. The lowest BCUT2D eigenvalue weighted by Crippen LogP contribution is -2.42. The maximum Gasteiger partial charge on any atom is 0.269 e. The highest BCUT2D eigenvalue weighted by molar-refractivity contribution is 5.81. The number of nitrogens with zero attached hydrogens (tertiary/aromatic N) is 2. The smallest absolute Gasteiger partial charge is 0.269 e. The maximum absolute atomic E-state index is 12.1. The molecule has 0 unspecified atom stereocenters. The van der Waals surface area contributed by atoms with Gasteiger partial charge < -0.3 is 10.6 Å². The molecule has 6 heteroatoms. The van der Waals surface area contributed by atoms with Gasteiger partial charge in [-0.05, 0) is 19.4 Å². The molecule has 0 saturated carbocycles. The standard InChI is InChI=1S/C13H19N3O3/c1-13(2,9-14)12(17)15(3)8-10-5-4-6-11(7-10)16(18)19/h4-7H,8-9,14H2,1-3H3. The van der Waals surface area contributed by atoms with Gasteiger partial charge in [0.15, 0.2) is 0 Å². The summed E-state index contributed by atoms with van der Waals surface area (Å²) in [5.41, 5.74) is 5.68. The van der Waals surface area contributed by atoms with E-state index in [9.17, 15) is 14.9 Å². The fraction of sp³-hybridized carbons (Fsp3) is 0.462. The van der Waals surface area contributed by atoms with Crippen molar-refractivity contribution in [2.45, 2.75) is 20.4 Å². The zero-order valence-corrected chi connectivity index (χ0v) is 11.4. The van der Waals surface area contributed by atoms with Crippen LogP contribution in [0.3, 0.4) is 0 Å². The molecule has 0 atom stereocenters. The van der Waals surface area contributed by atoms with Crippen LogP contribution in [0.1, 0.15) is 19.4 Å². The summed E-state index contributed by atoms with van der Waals surface area (Å²) in [6, 6.07) is 6.26. The number of hydrogen-bond donors (Lipinski definition) is 1. The number of benzene rings is 1. The van der Waals surface area contributed by atoms with Gasteiger partial charge in [-0.1, -0.05) is 12.1 Å². The minimum atomic E-state index is -0.630. The zero-order valence-electron chi connectivity index (χ0n) is 11.4. The zero-order chi connectivity index (χ0) is 14.6. The Kier molecular flexibility index (Phi) is 4.61. The third kappa shape index (κ3) is 3.75. The molecule has 0 aliphatic heterocycles. The molecule has 104 valence electrons. The highest BCUT2D eigenvalue weighted by atomic mass is 16.6. The van der Waals surface area contributed by atoms with Crippen molar-refractivity contribution in [2.24, 2.45) is 11.1 Å². The van der Waals surface area contributed by atoms with E-state index < -0.39 is 10.3 Å². The molecule has 1 aromatic rings. The van der Waals surface area contributed by atoms with E-state index in [1.807, 2.05) is 0 Å². The Bertz CT molecular complexity index is 486. The second-order valence-electron chi connectivity index (χ2n) is 5.18. The van der Waals surface area contributed by atoms with Crippen molar-refractivity contribution in [1.82, 2.24) is 4.90 Å². The van der Waals surface area contributed by atoms with Gasteiger partial charge in [-0.3, -0.25) is 14.9 Å². The molecule has 0 heterocycles. The Hall–Kier alpha value is -1.95. The van der Waals surface area contributed by atoms with Crippen molar-refractivity contribution in [3.05, 3.63) is 39.9 Å². The number of non-ortho nitro benzene ring substituents is 1. The van der Waals surface area contributed by atoms with Gasteiger partial charge in [0, 0.05) is 32.3 Å². The molecule has 0 aliphatic carbocycles. The normalized spacial score (nSPS) is 11.2. The van der Waals surface area contributed by atoms with Gasteiger partial charge in [-0.2, -0.15) is 0 Å². The molecule has 6 nitrogen and oxygen atoms in total. The fourth-order valence-electron chi connectivity index (χ4n) is 1.72. The first kappa shape index (κ1) is 15.1. The fourth-order valence-corrected chi connectivity index (χ4v) is 1.72. The molecule has 0 aliphatic rings. The Morgan fingerprint density at radius 2 is 2.11 bits per heavy atom. The number of nitro benzene ring substituents is 1. The summed E-state index contributed by atoms with van der Waals surface area (Å²) in [5.74, 6) is -0.0819. The quantitative estimate of drug-likeness (QED) is 0.646. The lowest BCUT2D eigenvalue weighted by atomic mass is 9.92. The minimum Gasteiger partial charge on any atom is -0.341 e. The van der Waals surface area contributed by atoms with Crippen molar-refractivity contribution in [2.75, 3.05) is 13.6 Å². The minimum absolute atomic E-state index is 0.0245. The van der Waals surface area contributed by atoms with E-state index in [0.717, 1.165) is 5.56 Å². The summed E-state index contributed by atoms with van der Waals surface area (Å²) in [6.07, 6.45) is 0. The van der Waals surface area contributed by atoms with E-state index in [0.29, 0.717) is 6.54 Å². The van der Waals surface area contributed by atoms with Gasteiger partial charge in [0.2, 0.25) is 5.91 Å². The summed E-state index contributed by atoms with van der Waals surface area (Å²) < 4.78 is 0. The lowest BCUT2D eigenvalue weighted by Gasteiger charge is -2.28. The topological polar surface area (TPSA) is 89.5 Å². The Morgan fingerprint density at radius 1 is 1.47 bits per heavy atom. The highest BCUT2D eigenvalue weighted by Gasteiger charge is 2.28. The van der Waals surface area contributed by atoms with E-state index in [-0.39, 0.29) is 18.1 Å². The monoisotopic (exact) mass is 265 g/mol. The predicted octanol–water partition coefficient (Wildman–Crippen LogP) is 1.54. The molecule has 2 N–H and O–H groups in total. The van der Waals surface area contributed by atoms with Crippen LogP contribution < -0.4 is 5.73 Å². The van der Waals surface area contributed by atoms with Crippen LogP contribution in [0.15, 0.2) is 24.3 Å². The largest absolute Gasteiger partial charge is 0.341 e. The number of amides is 1. The molecule has 1 aromatic carbocycles. The first-order chi connectivity index (χ1) is 8.77. The summed E-state index contributed by atoms with van der Waals surface area (Å²) in [6.45, 7) is 4.13. The van der Waals surface area contributed by atoms with Crippen LogP contribution >= 0.6 is 0 Å². The highest BCUT2D eigenvalue weighted by Crippen LogP contribution is 2.19. The molecule has 0 spiro atoms. The molecular formula is C13H19N3O3. The van der Waals surface area contributed by atoms with Gasteiger partial charge in [0.25, 0.3) is 5.69 Å². The number of carbonyl (C=O) groups excluding carboxylic acids is 1. The molecule has 0 fully saturated rings. The number of rotatable bonds is 5. The maximum atomic E-state index is 12.1. The predicted molar refractivity (Wildman–Crippen MR) is 72.4 cm³/mol. The first-order valence-electron chi connectivity index (χ1n) is 5.97. The SMILES string of the molecule is CN(Cc1cccc([N+](=O)[O-])c1)C(=O)C(C)(C)CN. The van der Waals surface area contributed by atoms with Crippen LogP contribution in [-0.4, -0.2) is 29.3 Å². The molecule has 1 amide bonds. The van der Waals surface area contributed by atoms with Crippen LogP contribution in [0.2, 0.25) is 0 Å². The number of hydrogen-bond acceptors (Lipinski definition) is 4. The van der Waals surface area contributed by atoms with E-state index in [1.165, 1.54) is 17.0 Å². The van der Waals surface area contributed by atoms with Gasteiger partial charge in [0.1, 0.15) is 0 Å². The van der Waals surface area contributed by atoms with Gasteiger partial charge >= 0.3 is 0 Å². The van der Waals surface area contributed by atoms with Crippen molar-refractivity contribution in [3.8, 4) is 0 Å². The Balaban J connectivity index is 2.82. The van der Waals surface area contributed by atoms with E-state index in [4.69, 9.17) is 5.73 Å². The lowest BCUT2D eigenvalue weighted by molar-refractivity contribution is -0.384. The molecule has 19 heavy (non-hydrogen) atoms. The van der Waals surface area contributed by atoms with Crippen LogP contribution in [0.5, 0.6) is 0 Å². The number of nitro groups is 1. The molecule has 0 saturated heterocycles. The molecular weight excluding hydrogens is 246 g/mol. The molecule has 0 bridgehead atoms. The van der Waals surface area contributed by atoms with E-state index in [1.54, 1.807) is 33.0 Å². The van der Waals surface area contributed by atoms with Gasteiger partial charge in [-0.15, -0.1) is 0 Å². The number of carbonyl (C=O) groups is 1. The van der Waals surface area contributed by atoms with Crippen molar-refractivity contribution in [3.63, 3.8) is 0 Å². The van der Waals surface area contributed by atoms with Crippen LogP contribution in [0, 0.1) is 15.5 Å². The van der Waals surface area contributed by atoms with Crippen molar-refractivity contribution in [1.29, 1.82) is 0 Å². The van der Waals surface area contributed by atoms with Crippen LogP contribution in [0.4, 0.5) is 5.69 Å².